The second-order valence-corrected chi connectivity index (χ2v) is 13.2. The number of thioether (sulfide) groups is 1. The summed E-state index contributed by atoms with van der Waals surface area (Å²) in [6.07, 6.45) is 1.52. The number of aliphatic carboxylic acids is 2. The number of nitrogen functional groups attached to an aromatic ring is 1. The van der Waals surface area contributed by atoms with E-state index in [1.54, 1.807) is 24.5 Å². The molecule has 2 atom stereocenters. The van der Waals surface area contributed by atoms with Crippen molar-refractivity contribution in [3.63, 3.8) is 0 Å². The van der Waals surface area contributed by atoms with Crippen molar-refractivity contribution in [3.8, 4) is 0 Å². The lowest BCUT2D eigenvalue weighted by Gasteiger charge is -2.63. The molecular formula is C25H27N10O9S2+. The first kappa shape index (κ1) is 32.2. The highest BCUT2D eigenvalue weighted by molar-refractivity contribution is 8.01. The normalized spacial score (nSPS) is 21.5. The Morgan fingerprint density at radius 3 is 2.46 bits per heavy atom. The molecule has 19 nitrogen and oxygen atoms in total. The average molecular weight is 676 g/mol. The van der Waals surface area contributed by atoms with E-state index in [0.717, 1.165) is 16.4 Å². The van der Waals surface area contributed by atoms with Crippen LogP contribution in [-0.2, 0) is 30.6 Å². The number of nitrogens with one attached hydrogen (secondary N) is 1. The molecule has 46 heavy (non-hydrogen) atoms. The Kier molecular flexibility index (Phi) is 7.71. The summed E-state index contributed by atoms with van der Waals surface area (Å²) in [6, 6.07) is 1.65. The third-order valence-corrected chi connectivity index (χ3v) is 9.85. The summed E-state index contributed by atoms with van der Waals surface area (Å²) in [7, 11) is 0. The Hall–Kier alpha value is -5.18. The standard InChI is InChI=1S/C25H26N10O9S2/c1-10-6-7-34-22(28-15(30-34)18(39)40)33(10)8-11-9-45-25(5)24(4,19(41)35(25)13(11)17(37)38)29-16(36)12(14-27-21(26)46-32-14)31-44-23(2,3)20(42)43/h6-7H,8-9H2,1-5H3,(H5-,26,27,29,32,36,37,38,39,40,42,43)/p+1/b31-12-/t24-,25-/m1/s1. The molecule has 5 rings (SSSR count). The maximum Gasteiger partial charge on any atom is 0.425 e. The first-order valence-corrected chi connectivity index (χ1v) is 15.0. The molecule has 242 valence electrons. The van der Waals surface area contributed by atoms with Gasteiger partial charge in [0.1, 0.15) is 16.1 Å². The Morgan fingerprint density at radius 2 is 1.87 bits per heavy atom. The van der Waals surface area contributed by atoms with Crippen molar-refractivity contribution >= 4 is 69.6 Å². The van der Waals surface area contributed by atoms with Crippen molar-refractivity contribution in [2.45, 2.75) is 57.2 Å². The molecule has 3 aromatic heterocycles. The molecule has 2 aliphatic heterocycles. The number of aromatic carboxylic acids is 1. The zero-order chi connectivity index (χ0) is 33.9. The predicted molar refractivity (Wildman–Crippen MR) is 157 cm³/mol. The van der Waals surface area contributed by atoms with Crippen LogP contribution < -0.4 is 15.6 Å². The fourth-order valence-corrected chi connectivity index (χ4v) is 6.65. The van der Waals surface area contributed by atoms with Gasteiger partial charge in [-0.05, 0) is 39.6 Å². The zero-order valence-electron chi connectivity index (χ0n) is 24.8. The largest absolute Gasteiger partial charge is 0.478 e. The van der Waals surface area contributed by atoms with Gasteiger partial charge in [0.25, 0.3) is 11.8 Å². The number of fused-ring (bicyclic) bond motifs is 2. The minimum Gasteiger partial charge on any atom is -0.478 e. The van der Waals surface area contributed by atoms with E-state index in [-0.39, 0.29) is 34.7 Å². The zero-order valence-corrected chi connectivity index (χ0v) is 26.5. The van der Waals surface area contributed by atoms with E-state index in [4.69, 9.17) is 10.6 Å². The smallest absolute Gasteiger partial charge is 0.425 e. The summed E-state index contributed by atoms with van der Waals surface area (Å²) in [4.78, 5) is 75.9. The Balaban J connectivity index is 1.48. The van der Waals surface area contributed by atoms with Gasteiger partial charge in [-0.1, -0.05) is 10.3 Å². The number of carboxylic acids is 3. The van der Waals surface area contributed by atoms with E-state index in [2.05, 4.69) is 29.9 Å². The van der Waals surface area contributed by atoms with Crippen LogP contribution in [-0.4, -0.2) is 101 Å². The van der Waals surface area contributed by atoms with E-state index in [9.17, 15) is 39.3 Å². The predicted octanol–water partition coefficient (Wildman–Crippen LogP) is -0.740. The van der Waals surface area contributed by atoms with Crippen LogP contribution in [0.15, 0.2) is 28.7 Å². The van der Waals surface area contributed by atoms with E-state index in [1.165, 1.54) is 43.2 Å². The number of rotatable bonds is 10. The van der Waals surface area contributed by atoms with Crippen molar-refractivity contribution in [1.82, 2.24) is 34.2 Å². The van der Waals surface area contributed by atoms with Crippen molar-refractivity contribution in [2.24, 2.45) is 5.16 Å². The Morgan fingerprint density at radius 1 is 1.17 bits per heavy atom. The molecule has 2 amide bonds. The van der Waals surface area contributed by atoms with E-state index in [1.807, 2.05) is 0 Å². The lowest BCUT2D eigenvalue weighted by atomic mass is 9.79. The highest BCUT2D eigenvalue weighted by atomic mass is 32.2. The van der Waals surface area contributed by atoms with E-state index < -0.39 is 57.3 Å². The van der Waals surface area contributed by atoms with Crippen LogP contribution in [0.4, 0.5) is 5.13 Å². The summed E-state index contributed by atoms with van der Waals surface area (Å²) in [5.74, 6) is -6.33. The van der Waals surface area contributed by atoms with Crippen LogP contribution in [0.3, 0.4) is 0 Å². The molecule has 0 aromatic carbocycles. The van der Waals surface area contributed by atoms with Gasteiger partial charge in [-0.15, -0.1) is 16.3 Å². The molecular weight excluding hydrogens is 648 g/mol. The van der Waals surface area contributed by atoms with Gasteiger partial charge >= 0.3 is 29.5 Å². The molecule has 0 spiro atoms. The number of aromatic nitrogens is 6. The number of carboxylic acid groups (broad SMARTS) is 3. The monoisotopic (exact) mass is 675 g/mol. The third-order valence-electron chi connectivity index (χ3n) is 7.66. The topological polar surface area (TPSA) is 269 Å². The number of hydrogen-bond donors (Lipinski definition) is 5. The van der Waals surface area contributed by atoms with Gasteiger partial charge < -0.3 is 31.2 Å². The summed E-state index contributed by atoms with van der Waals surface area (Å²) in [6.45, 7) is 7.09. The SMILES string of the molecule is Cc1ccn2nc(C(=O)O)nc2[n+]1CC1=C(C(=O)O)N2C(=O)[C@@](C)(NC(=O)/C(=N\OC(C)(C)C(=O)O)c3nsc(N)n3)[C@@]2(C)SC1. The highest BCUT2D eigenvalue weighted by Gasteiger charge is 2.71. The van der Waals surface area contributed by atoms with Crippen molar-refractivity contribution in [2.75, 3.05) is 11.5 Å². The number of nitrogens with zero attached hydrogens (tertiary/aromatic N) is 8. The quantitative estimate of drug-likeness (QED) is 0.0766. The molecule has 2 aliphatic rings. The van der Waals surface area contributed by atoms with Gasteiger partial charge in [0.05, 0.1) is 18.4 Å². The summed E-state index contributed by atoms with van der Waals surface area (Å²) >= 11 is 1.94. The van der Waals surface area contributed by atoms with Gasteiger partial charge in [0, 0.05) is 28.9 Å². The van der Waals surface area contributed by atoms with Gasteiger partial charge in [-0.2, -0.15) is 9.36 Å². The molecule has 5 heterocycles. The van der Waals surface area contributed by atoms with Gasteiger partial charge in [-0.25, -0.2) is 19.0 Å². The number of β-lactam (4-membered cyclic amide) rings is 1. The lowest BCUT2D eigenvalue weighted by molar-refractivity contribution is -0.674. The number of amides is 2. The molecule has 0 bridgehead atoms. The van der Waals surface area contributed by atoms with Crippen molar-refractivity contribution < 1.29 is 48.7 Å². The molecule has 0 radical (unpaired) electrons. The molecule has 0 saturated carbocycles. The second-order valence-electron chi connectivity index (χ2n) is 11.1. The van der Waals surface area contributed by atoms with E-state index in [0.29, 0.717) is 11.3 Å². The number of carbonyl (C=O) groups is 5. The number of hydrogen-bond acceptors (Lipinski definition) is 14. The van der Waals surface area contributed by atoms with Crippen molar-refractivity contribution in [1.29, 1.82) is 0 Å². The second kappa shape index (κ2) is 11.0. The molecule has 21 heteroatoms. The fourth-order valence-electron chi connectivity index (χ4n) is 4.80. The molecule has 1 fully saturated rings. The highest BCUT2D eigenvalue weighted by Crippen LogP contribution is 2.54. The average Bonchev–Trinajstić information content (AvgIpc) is 3.61. The molecule has 3 aromatic rings. The number of nitrogens with two attached hydrogens (primary N) is 1. The van der Waals surface area contributed by atoms with Crippen LogP contribution in [0.2, 0.25) is 0 Å². The molecule has 6 N–H and O–H groups in total. The summed E-state index contributed by atoms with van der Waals surface area (Å²) in [5.41, 5.74) is 2.23. The number of carbonyl (C=O) groups excluding carboxylic acids is 2. The minimum absolute atomic E-state index is 0.0159. The van der Waals surface area contributed by atoms with Gasteiger partial charge in [0.15, 0.2) is 5.13 Å². The van der Waals surface area contributed by atoms with Crippen LogP contribution in [0, 0.1) is 6.92 Å². The maximum absolute atomic E-state index is 13.8. The van der Waals surface area contributed by atoms with E-state index >= 15 is 0 Å². The first-order chi connectivity index (χ1) is 21.4. The first-order valence-electron chi connectivity index (χ1n) is 13.3. The molecule has 0 aliphatic carbocycles. The molecule has 1 saturated heterocycles. The Labute approximate surface area is 266 Å². The van der Waals surface area contributed by atoms with Crippen LogP contribution in [0.25, 0.3) is 5.78 Å². The lowest BCUT2D eigenvalue weighted by Crippen LogP contribution is -2.85. The fraction of sp³-hybridized carbons (Fsp3) is 0.400. The van der Waals surface area contributed by atoms with Gasteiger partial charge in [0.2, 0.25) is 17.1 Å². The number of anilines is 1. The van der Waals surface area contributed by atoms with Crippen molar-refractivity contribution in [3.05, 3.63) is 40.9 Å². The van der Waals surface area contributed by atoms with Crippen LogP contribution in [0.1, 0.15) is 49.8 Å². The van der Waals surface area contributed by atoms with Crippen LogP contribution in [0.5, 0.6) is 0 Å². The Bertz CT molecular complexity index is 1920. The summed E-state index contributed by atoms with van der Waals surface area (Å²) in [5, 5.41) is 39.3. The minimum atomic E-state index is -1.84. The third kappa shape index (κ3) is 5.05. The summed E-state index contributed by atoms with van der Waals surface area (Å²) < 4.78 is 6.79. The van der Waals surface area contributed by atoms with Crippen LogP contribution >= 0.6 is 23.3 Å². The number of oxime groups is 1. The van der Waals surface area contributed by atoms with Gasteiger partial charge in [-0.3, -0.25) is 14.5 Å². The molecule has 0 unspecified atom stereocenters. The maximum atomic E-state index is 13.8. The number of aryl methyl sites for hydroxylation is 1.